The van der Waals surface area contributed by atoms with Crippen LogP contribution >= 0.6 is 0 Å². The molecule has 0 aliphatic heterocycles. The monoisotopic (exact) mass is 216 g/mol. The second-order valence-electron chi connectivity index (χ2n) is 3.04. The SMILES string of the molecule is O=C(O)CCCC(=O)c1ccccc1.[NaH]. The van der Waals surface area contributed by atoms with Crippen molar-refractivity contribution in [2.24, 2.45) is 0 Å². The van der Waals surface area contributed by atoms with Gasteiger partial charge in [-0.2, -0.15) is 0 Å². The van der Waals surface area contributed by atoms with Crippen molar-refractivity contribution in [3.05, 3.63) is 35.9 Å². The van der Waals surface area contributed by atoms with Crippen molar-refractivity contribution in [1.82, 2.24) is 0 Å². The molecule has 0 spiro atoms. The van der Waals surface area contributed by atoms with E-state index >= 15 is 0 Å². The van der Waals surface area contributed by atoms with Crippen LogP contribution in [0.25, 0.3) is 0 Å². The van der Waals surface area contributed by atoms with E-state index in [4.69, 9.17) is 5.11 Å². The Balaban J connectivity index is 0.00000196. The molecule has 1 aromatic rings. The summed E-state index contributed by atoms with van der Waals surface area (Å²) >= 11 is 0. The van der Waals surface area contributed by atoms with Gasteiger partial charge in [-0.15, -0.1) is 0 Å². The van der Waals surface area contributed by atoms with Gasteiger partial charge in [-0.05, 0) is 6.42 Å². The average molecular weight is 216 g/mol. The predicted molar refractivity (Wildman–Crippen MR) is 59.4 cm³/mol. The third-order valence-electron chi connectivity index (χ3n) is 1.89. The Morgan fingerprint density at radius 3 is 2.20 bits per heavy atom. The van der Waals surface area contributed by atoms with Gasteiger partial charge in [-0.3, -0.25) is 9.59 Å². The molecule has 0 aromatic heterocycles. The Kier molecular flexibility index (Phi) is 7.30. The number of carbonyl (C=O) groups is 2. The van der Waals surface area contributed by atoms with Gasteiger partial charge in [-0.1, -0.05) is 30.3 Å². The molecule has 0 atom stereocenters. The Bertz CT molecular complexity index is 322. The van der Waals surface area contributed by atoms with Gasteiger partial charge in [0, 0.05) is 18.4 Å². The standard InChI is InChI=1S/C11H12O3.Na.H/c12-10(7-4-8-11(13)14)9-5-2-1-3-6-9;;/h1-3,5-6H,4,7-8H2,(H,13,14);;. The minimum atomic E-state index is -0.856. The van der Waals surface area contributed by atoms with Crippen molar-refractivity contribution in [2.75, 3.05) is 0 Å². The van der Waals surface area contributed by atoms with Crippen LogP contribution < -0.4 is 0 Å². The number of carboxylic acids is 1. The first-order valence-corrected chi connectivity index (χ1v) is 4.50. The van der Waals surface area contributed by atoms with Crippen LogP contribution in [0.3, 0.4) is 0 Å². The van der Waals surface area contributed by atoms with E-state index in [0.29, 0.717) is 18.4 Å². The third kappa shape index (κ3) is 5.72. The first kappa shape index (κ1) is 14.4. The Morgan fingerprint density at radius 1 is 1.07 bits per heavy atom. The van der Waals surface area contributed by atoms with E-state index in [1.54, 1.807) is 24.3 Å². The molecule has 0 saturated heterocycles. The number of hydrogen-bond acceptors (Lipinski definition) is 2. The maximum absolute atomic E-state index is 11.4. The summed E-state index contributed by atoms with van der Waals surface area (Å²) in [6.07, 6.45) is 0.762. The summed E-state index contributed by atoms with van der Waals surface area (Å²) in [7, 11) is 0. The quantitative estimate of drug-likeness (QED) is 0.599. The molecular weight excluding hydrogens is 203 g/mol. The Labute approximate surface area is 111 Å². The number of aliphatic carboxylic acids is 1. The zero-order chi connectivity index (χ0) is 10.4. The van der Waals surface area contributed by atoms with Crippen molar-refractivity contribution in [3.8, 4) is 0 Å². The molecule has 0 amide bonds. The summed E-state index contributed by atoms with van der Waals surface area (Å²) in [5, 5.41) is 8.39. The summed E-state index contributed by atoms with van der Waals surface area (Å²) in [6.45, 7) is 0. The van der Waals surface area contributed by atoms with Crippen LogP contribution in [-0.4, -0.2) is 46.4 Å². The number of Topliss-reactive ketones (excluding diaryl/α,β-unsaturated/α-hetero) is 1. The Hall–Kier alpha value is -0.640. The molecule has 0 heterocycles. The third-order valence-corrected chi connectivity index (χ3v) is 1.89. The van der Waals surface area contributed by atoms with E-state index < -0.39 is 5.97 Å². The zero-order valence-electron chi connectivity index (χ0n) is 7.77. The number of carboxylic acid groups (broad SMARTS) is 1. The molecular formula is C11H13NaO3. The van der Waals surface area contributed by atoms with Crippen LogP contribution in [-0.2, 0) is 4.79 Å². The molecule has 1 N–H and O–H groups in total. The first-order valence-electron chi connectivity index (χ1n) is 4.50. The molecule has 0 fully saturated rings. The van der Waals surface area contributed by atoms with Gasteiger partial charge < -0.3 is 5.11 Å². The van der Waals surface area contributed by atoms with Gasteiger partial charge in [0.1, 0.15) is 0 Å². The van der Waals surface area contributed by atoms with Crippen LogP contribution in [0.2, 0.25) is 0 Å². The van der Waals surface area contributed by atoms with Crippen LogP contribution in [0.5, 0.6) is 0 Å². The molecule has 4 heteroatoms. The summed E-state index contributed by atoms with van der Waals surface area (Å²) < 4.78 is 0. The summed E-state index contributed by atoms with van der Waals surface area (Å²) in [6, 6.07) is 8.91. The van der Waals surface area contributed by atoms with Crippen LogP contribution in [0.4, 0.5) is 0 Å². The van der Waals surface area contributed by atoms with E-state index in [0.717, 1.165) is 0 Å². The van der Waals surface area contributed by atoms with Gasteiger partial charge in [0.25, 0.3) is 0 Å². The second kappa shape index (κ2) is 7.63. The van der Waals surface area contributed by atoms with E-state index in [9.17, 15) is 9.59 Å². The van der Waals surface area contributed by atoms with Crippen molar-refractivity contribution in [3.63, 3.8) is 0 Å². The number of carbonyl (C=O) groups excluding carboxylic acids is 1. The molecule has 1 aromatic carbocycles. The van der Waals surface area contributed by atoms with Gasteiger partial charge in [0.05, 0.1) is 0 Å². The van der Waals surface area contributed by atoms with E-state index in [-0.39, 0.29) is 41.8 Å². The fourth-order valence-corrected chi connectivity index (χ4v) is 1.17. The van der Waals surface area contributed by atoms with Crippen molar-refractivity contribution in [1.29, 1.82) is 0 Å². The molecule has 0 saturated carbocycles. The van der Waals surface area contributed by atoms with Crippen LogP contribution in [0.1, 0.15) is 29.6 Å². The average Bonchev–Trinajstić information content (AvgIpc) is 2.18. The topological polar surface area (TPSA) is 54.4 Å². The fourth-order valence-electron chi connectivity index (χ4n) is 1.17. The normalized spacial score (nSPS) is 9.07. The maximum atomic E-state index is 11.4. The Morgan fingerprint density at radius 2 is 1.67 bits per heavy atom. The van der Waals surface area contributed by atoms with Crippen molar-refractivity contribution < 1.29 is 14.7 Å². The predicted octanol–water partition coefficient (Wildman–Crippen LogP) is 1.48. The fraction of sp³-hybridized carbons (Fsp3) is 0.273. The summed E-state index contributed by atoms with van der Waals surface area (Å²) in [5.41, 5.74) is 0.651. The van der Waals surface area contributed by atoms with Crippen molar-refractivity contribution in [2.45, 2.75) is 19.3 Å². The van der Waals surface area contributed by atoms with Gasteiger partial charge >= 0.3 is 35.5 Å². The molecule has 0 aliphatic carbocycles. The molecule has 76 valence electrons. The molecule has 0 radical (unpaired) electrons. The zero-order valence-corrected chi connectivity index (χ0v) is 7.77. The second-order valence-corrected chi connectivity index (χ2v) is 3.04. The van der Waals surface area contributed by atoms with Crippen LogP contribution in [0, 0.1) is 0 Å². The number of hydrogen-bond donors (Lipinski definition) is 1. The number of benzene rings is 1. The van der Waals surface area contributed by atoms with Crippen molar-refractivity contribution >= 4 is 41.3 Å². The molecule has 0 aliphatic rings. The van der Waals surface area contributed by atoms with E-state index in [1.807, 2.05) is 6.07 Å². The molecule has 0 unspecified atom stereocenters. The minimum absolute atomic E-state index is 0. The van der Waals surface area contributed by atoms with E-state index in [1.165, 1.54) is 0 Å². The summed E-state index contributed by atoms with van der Waals surface area (Å²) in [4.78, 5) is 21.6. The molecule has 0 bridgehead atoms. The molecule has 3 nitrogen and oxygen atoms in total. The molecule has 15 heavy (non-hydrogen) atoms. The first-order chi connectivity index (χ1) is 6.70. The van der Waals surface area contributed by atoms with Gasteiger partial charge in [0.15, 0.2) is 5.78 Å². The molecule has 1 rings (SSSR count). The van der Waals surface area contributed by atoms with Crippen LogP contribution in [0.15, 0.2) is 30.3 Å². The summed E-state index contributed by atoms with van der Waals surface area (Å²) in [5.74, 6) is -0.849. The van der Waals surface area contributed by atoms with Gasteiger partial charge in [-0.25, -0.2) is 0 Å². The van der Waals surface area contributed by atoms with Gasteiger partial charge in [0.2, 0.25) is 0 Å². The van der Waals surface area contributed by atoms with E-state index in [2.05, 4.69) is 0 Å². The number of ketones is 1. The number of rotatable bonds is 5.